The highest BCUT2D eigenvalue weighted by Crippen LogP contribution is 2.29. The van der Waals surface area contributed by atoms with E-state index in [9.17, 15) is 8.78 Å². The van der Waals surface area contributed by atoms with E-state index in [1.165, 1.54) is 0 Å². The van der Waals surface area contributed by atoms with Crippen LogP contribution in [0.4, 0.5) is 8.78 Å². The zero-order chi connectivity index (χ0) is 10.0. The Bertz CT molecular complexity index is 322. The average Bonchev–Trinajstić information content (AvgIpc) is 2.02. The highest BCUT2D eigenvalue weighted by molar-refractivity contribution is 9.10. The summed E-state index contributed by atoms with van der Waals surface area (Å²) in [7, 11) is 0. The lowest BCUT2D eigenvalue weighted by molar-refractivity contribution is 0.146. The maximum absolute atomic E-state index is 12.4. The van der Waals surface area contributed by atoms with Crippen LogP contribution in [-0.2, 0) is 6.61 Å². The van der Waals surface area contributed by atoms with Crippen LogP contribution in [0, 0.1) is 0 Å². The third kappa shape index (κ3) is 2.36. The number of halogens is 4. The first-order valence-corrected chi connectivity index (χ1v) is 4.47. The van der Waals surface area contributed by atoms with Crippen LogP contribution in [0.5, 0.6) is 0 Å². The van der Waals surface area contributed by atoms with Crippen LogP contribution >= 0.6 is 27.5 Å². The van der Waals surface area contributed by atoms with Crippen molar-refractivity contribution in [2.24, 2.45) is 0 Å². The smallest absolute Gasteiger partial charge is 0.264 e. The molecule has 0 saturated carbocycles. The third-order valence-corrected chi connectivity index (χ3v) is 2.32. The van der Waals surface area contributed by atoms with Crippen molar-refractivity contribution in [2.45, 2.75) is 13.0 Å². The van der Waals surface area contributed by atoms with Crippen LogP contribution in [0.1, 0.15) is 17.6 Å². The second kappa shape index (κ2) is 4.30. The Morgan fingerprint density at radius 3 is 2.69 bits per heavy atom. The number of rotatable bonds is 2. The van der Waals surface area contributed by atoms with Gasteiger partial charge < -0.3 is 5.11 Å². The molecule has 1 N–H and O–H groups in total. The number of pyridine rings is 1. The maximum Gasteiger partial charge on any atom is 0.264 e. The average molecular weight is 272 g/mol. The van der Waals surface area contributed by atoms with E-state index in [1.807, 2.05) is 0 Å². The lowest BCUT2D eigenvalue weighted by Crippen LogP contribution is -1.98. The Balaban J connectivity index is 3.29. The predicted octanol–water partition coefficient (Wildman–Crippen LogP) is 2.93. The first kappa shape index (κ1) is 10.8. The summed E-state index contributed by atoms with van der Waals surface area (Å²) >= 11 is 8.40. The topological polar surface area (TPSA) is 33.1 Å². The van der Waals surface area contributed by atoms with Gasteiger partial charge in [-0.2, -0.15) is 0 Å². The molecule has 72 valence electrons. The summed E-state index contributed by atoms with van der Waals surface area (Å²) < 4.78 is 24.9. The highest BCUT2D eigenvalue weighted by atomic mass is 79.9. The molecule has 0 unspecified atom stereocenters. The second-order valence-electron chi connectivity index (χ2n) is 2.26. The van der Waals surface area contributed by atoms with Crippen LogP contribution in [0.25, 0.3) is 0 Å². The van der Waals surface area contributed by atoms with Crippen molar-refractivity contribution >= 4 is 27.5 Å². The Labute approximate surface area is 86.7 Å². The van der Waals surface area contributed by atoms with Crippen LogP contribution in [0.2, 0.25) is 5.15 Å². The van der Waals surface area contributed by atoms with E-state index >= 15 is 0 Å². The third-order valence-electron chi connectivity index (χ3n) is 1.47. The molecule has 0 saturated heterocycles. The summed E-state index contributed by atoms with van der Waals surface area (Å²) in [6.07, 6.45) is -2.67. The SMILES string of the molecule is OCc1c(C(F)F)cc(Cl)nc1Br. The van der Waals surface area contributed by atoms with Crippen molar-refractivity contribution in [2.75, 3.05) is 0 Å². The monoisotopic (exact) mass is 271 g/mol. The first-order chi connectivity index (χ1) is 6.06. The molecule has 0 aliphatic carbocycles. The van der Waals surface area contributed by atoms with Gasteiger partial charge in [-0.25, -0.2) is 13.8 Å². The van der Waals surface area contributed by atoms with Gasteiger partial charge in [0, 0.05) is 11.1 Å². The standard InChI is InChI=1S/C7H5BrClF2NO/c8-6-4(2-13)3(7(10)11)1-5(9)12-6/h1,7,13H,2H2. The lowest BCUT2D eigenvalue weighted by Gasteiger charge is -2.08. The van der Waals surface area contributed by atoms with E-state index in [0.29, 0.717) is 0 Å². The molecule has 0 amide bonds. The van der Waals surface area contributed by atoms with E-state index in [0.717, 1.165) is 6.07 Å². The molecular formula is C7H5BrClF2NO. The zero-order valence-corrected chi connectivity index (χ0v) is 8.61. The van der Waals surface area contributed by atoms with E-state index in [2.05, 4.69) is 20.9 Å². The molecule has 6 heteroatoms. The Kier molecular flexibility index (Phi) is 3.58. The maximum atomic E-state index is 12.4. The van der Waals surface area contributed by atoms with Gasteiger partial charge in [0.25, 0.3) is 6.43 Å². The molecule has 0 spiro atoms. The summed E-state index contributed by atoms with van der Waals surface area (Å²) in [4.78, 5) is 3.68. The van der Waals surface area contributed by atoms with Gasteiger partial charge >= 0.3 is 0 Å². The fourth-order valence-electron chi connectivity index (χ4n) is 0.879. The zero-order valence-electron chi connectivity index (χ0n) is 6.27. The molecule has 0 aliphatic heterocycles. The number of nitrogens with zero attached hydrogens (tertiary/aromatic N) is 1. The normalized spacial score (nSPS) is 10.9. The molecule has 1 aromatic rings. The molecule has 0 atom stereocenters. The van der Waals surface area contributed by atoms with E-state index < -0.39 is 13.0 Å². The largest absolute Gasteiger partial charge is 0.392 e. The van der Waals surface area contributed by atoms with Gasteiger partial charge in [-0.1, -0.05) is 11.6 Å². The fraction of sp³-hybridized carbons (Fsp3) is 0.286. The van der Waals surface area contributed by atoms with Crippen molar-refractivity contribution in [1.82, 2.24) is 4.98 Å². The van der Waals surface area contributed by atoms with Crippen LogP contribution < -0.4 is 0 Å². The Morgan fingerprint density at radius 2 is 2.23 bits per heavy atom. The lowest BCUT2D eigenvalue weighted by atomic mass is 10.1. The van der Waals surface area contributed by atoms with E-state index in [1.54, 1.807) is 0 Å². The minimum absolute atomic E-state index is 0.0284. The van der Waals surface area contributed by atoms with Crippen LogP contribution in [0.15, 0.2) is 10.7 Å². The molecule has 2 nitrogen and oxygen atoms in total. The summed E-state index contributed by atoms with van der Waals surface area (Å²) in [5.74, 6) is 0. The van der Waals surface area contributed by atoms with Gasteiger partial charge in [0.05, 0.1) is 6.61 Å². The molecule has 0 fully saturated rings. The summed E-state index contributed by atoms with van der Waals surface area (Å²) in [6, 6.07) is 1.04. The Hall–Kier alpha value is -0.260. The van der Waals surface area contributed by atoms with Gasteiger partial charge in [0.2, 0.25) is 0 Å². The molecule has 1 heterocycles. The van der Waals surface area contributed by atoms with Gasteiger partial charge in [-0.15, -0.1) is 0 Å². The molecule has 0 aromatic carbocycles. The fourth-order valence-corrected chi connectivity index (χ4v) is 1.73. The van der Waals surface area contributed by atoms with Crippen LogP contribution in [0.3, 0.4) is 0 Å². The molecule has 0 bridgehead atoms. The number of alkyl halides is 2. The Morgan fingerprint density at radius 1 is 1.62 bits per heavy atom. The van der Waals surface area contributed by atoms with Crippen molar-refractivity contribution in [3.63, 3.8) is 0 Å². The van der Waals surface area contributed by atoms with Crippen LogP contribution in [-0.4, -0.2) is 10.1 Å². The van der Waals surface area contributed by atoms with E-state index in [4.69, 9.17) is 16.7 Å². The minimum Gasteiger partial charge on any atom is -0.392 e. The minimum atomic E-state index is -2.67. The van der Waals surface area contributed by atoms with Crippen molar-refractivity contribution < 1.29 is 13.9 Å². The molecule has 0 aliphatic rings. The number of aliphatic hydroxyl groups is 1. The molecule has 13 heavy (non-hydrogen) atoms. The first-order valence-electron chi connectivity index (χ1n) is 3.30. The summed E-state index contributed by atoms with van der Waals surface area (Å²) in [5.41, 5.74) is -0.228. The molecule has 1 aromatic heterocycles. The molecule has 1 rings (SSSR count). The number of aliphatic hydroxyl groups excluding tert-OH is 1. The predicted molar refractivity (Wildman–Crippen MR) is 47.8 cm³/mol. The number of aromatic nitrogens is 1. The summed E-state index contributed by atoms with van der Waals surface area (Å²) in [6.45, 7) is -0.496. The van der Waals surface area contributed by atoms with Gasteiger partial charge in [0.1, 0.15) is 9.76 Å². The van der Waals surface area contributed by atoms with Crippen molar-refractivity contribution in [3.05, 3.63) is 26.9 Å². The second-order valence-corrected chi connectivity index (χ2v) is 3.40. The highest BCUT2D eigenvalue weighted by Gasteiger charge is 2.16. The quantitative estimate of drug-likeness (QED) is 0.840. The van der Waals surface area contributed by atoms with Gasteiger partial charge in [-0.05, 0) is 22.0 Å². The van der Waals surface area contributed by atoms with Crippen molar-refractivity contribution in [1.29, 1.82) is 0 Å². The summed E-state index contributed by atoms with van der Waals surface area (Å²) in [5, 5.41) is 8.76. The molecular weight excluding hydrogens is 267 g/mol. The molecule has 0 radical (unpaired) electrons. The number of hydrogen-bond acceptors (Lipinski definition) is 2. The van der Waals surface area contributed by atoms with E-state index in [-0.39, 0.29) is 20.9 Å². The van der Waals surface area contributed by atoms with Gasteiger partial charge in [-0.3, -0.25) is 0 Å². The van der Waals surface area contributed by atoms with Gasteiger partial charge in [0.15, 0.2) is 0 Å². The number of hydrogen-bond donors (Lipinski definition) is 1. The van der Waals surface area contributed by atoms with Crippen molar-refractivity contribution in [3.8, 4) is 0 Å².